The minimum Gasteiger partial charge on any atom is -0.479 e. The fraction of sp³-hybridized carbons (Fsp3) is 0.235. The van der Waals surface area contributed by atoms with Gasteiger partial charge in [0.1, 0.15) is 12.4 Å². The minimum absolute atomic E-state index is 0.0904. The van der Waals surface area contributed by atoms with E-state index in [-0.39, 0.29) is 12.3 Å². The quantitative estimate of drug-likeness (QED) is 0.446. The van der Waals surface area contributed by atoms with Crippen molar-refractivity contribution in [1.82, 2.24) is 0 Å². The fourth-order valence-corrected chi connectivity index (χ4v) is 2.29. The number of carbonyl (C=O) groups excluding carboxylic acids is 1. The van der Waals surface area contributed by atoms with Crippen molar-refractivity contribution in [1.29, 1.82) is 0 Å². The Bertz CT molecular complexity index is 762. The van der Waals surface area contributed by atoms with E-state index < -0.39 is 17.0 Å². The first-order chi connectivity index (χ1) is 11.4. The molecular formula is C17H16ClNO5. The van der Waals surface area contributed by atoms with E-state index in [2.05, 4.69) is 0 Å². The number of rotatable bonds is 6. The van der Waals surface area contributed by atoms with E-state index in [1.54, 1.807) is 43.3 Å². The molecule has 0 aliphatic heterocycles. The second kappa shape index (κ2) is 7.79. The molecule has 1 unspecified atom stereocenters. The normalized spacial score (nSPS) is 11.6. The highest BCUT2D eigenvalue weighted by molar-refractivity contribution is 6.30. The summed E-state index contributed by atoms with van der Waals surface area (Å²) in [6.07, 6.45) is -0.854. The van der Waals surface area contributed by atoms with Crippen molar-refractivity contribution in [3.63, 3.8) is 0 Å². The molecule has 2 rings (SSSR count). The van der Waals surface area contributed by atoms with Crippen molar-refractivity contribution in [2.45, 2.75) is 26.6 Å². The van der Waals surface area contributed by atoms with Crippen LogP contribution < -0.4 is 4.74 Å². The third-order valence-corrected chi connectivity index (χ3v) is 3.57. The molecule has 0 aliphatic carbocycles. The predicted octanol–water partition coefficient (Wildman–Crippen LogP) is 4.07. The van der Waals surface area contributed by atoms with E-state index in [4.69, 9.17) is 21.1 Å². The molecule has 0 aliphatic rings. The number of hydrogen-bond donors (Lipinski definition) is 0. The van der Waals surface area contributed by atoms with Crippen LogP contribution in [0.5, 0.6) is 5.75 Å². The second-order valence-corrected chi connectivity index (χ2v) is 5.60. The van der Waals surface area contributed by atoms with Crippen molar-refractivity contribution < 1.29 is 19.2 Å². The second-order valence-electron chi connectivity index (χ2n) is 5.16. The van der Waals surface area contributed by atoms with E-state index in [0.29, 0.717) is 16.3 Å². The van der Waals surface area contributed by atoms with Gasteiger partial charge < -0.3 is 9.47 Å². The zero-order chi connectivity index (χ0) is 17.7. The summed E-state index contributed by atoms with van der Waals surface area (Å²) in [5.74, 6) is -0.0861. The Labute approximate surface area is 144 Å². The molecule has 2 aromatic rings. The molecule has 0 saturated heterocycles. The third-order valence-electron chi connectivity index (χ3n) is 3.33. The maximum absolute atomic E-state index is 12.0. The highest BCUT2D eigenvalue weighted by atomic mass is 35.5. The molecule has 24 heavy (non-hydrogen) atoms. The lowest BCUT2D eigenvalue weighted by Gasteiger charge is -2.15. The number of carbonyl (C=O) groups is 1. The van der Waals surface area contributed by atoms with Gasteiger partial charge in [0.05, 0.1) is 10.5 Å². The van der Waals surface area contributed by atoms with Crippen LogP contribution in [0, 0.1) is 17.0 Å². The van der Waals surface area contributed by atoms with Crippen molar-refractivity contribution in [3.05, 3.63) is 68.7 Å². The first-order valence-electron chi connectivity index (χ1n) is 7.20. The molecule has 0 spiro atoms. The summed E-state index contributed by atoms with van der Waals surface area (Å²) < 4.78 is 10.7. The van der Waals surface area contributed by atoms with Crippen LogP contribution in [0.3, 0.4) is 0 Å². The molecule has 0 amide bonds. The van der Waals surface area contributed by atoms with Crippen LogP contribution in [0.4, 0.5) is 5.69 Å². The molecule has 0 heterocycles. The molecule has 0 saturated carbocycles. The molecule has 6 nitrogen and oxygen atoms in total. The average Bonchev–Trinajstić information content (AvgIpc) is 2.55. The van der Waals surface area contributed by atoms with Gasteiger partial charge in [-0.3, -0.25) is 10.1 Å². The summed E-state index contributed by atoms with van der Waals surface area (Å²) in [5.41, 5.74) is 1.03. The maximum Gasteiger partial charge on any atom is 0.347 e. The number of benzene rings is 2. The van der Waals surface area contributed by atoms with Crippen molar-refractivity contribution in [2.24, 2.45) is 0 Å². The molecule has 126 valence electrons. The van der Waals surface area contributed by atoms with Crippen LogP contribution in [0.1, 0.15) is 18.1 Å². The Hall–Kier alpha value is -2.60. The van der Waals surface area contributed by atoms with Gasteiger partial charge in [-0.25, -0.2) is 4.79 Å². The fourth-order valence-electron chi connectivity index (χ4n) is 2.06. The van der Waals surface area contributed by atoms with E-state index in [0.717, 1.165) is 5.56 Å². The molecule has 0 bridgehead atoms. The Kier molecular flexibility index (Phi) is 5.76. The monoisotopic (exact) mass is 349 g/mol. The first kappa shape index (κ1) is 17.7. The SMILES string of the molecule is Cc1cc(Cl)ccc1OC(C)C(=O)OCc1ccccc1[N+](=O)[O-]. The number of aryl methyl sites for hydroxylation is 1. The number of halogens is 1. The Balaban J connectivity index is 1.98. The smallest absolute Gasteiger partial charge is 0.347 e. The van der Waals surface area contributed by atoms with E-state index in [1.165, 1.54) is 6.07 Å². The summed E-state index contributed by atoms with van der Waals surface area (Å²) in [4.78, 5) is 22.5. The van der Waals surface area contributed by atoms with Crippen LogP contribution in [-0.2, 0) is 16.1 Å². The van der Waals surface area contributed by atoms with Gasteiger partial charge in [-0.15, -0.1) is 0 Å². The standard InChI is InChI=1S/C17H16ClNO5/c1-11-9-14(18)7-8-16(11)24-12(2)17(20)23-10-13-5-3-4-6-15(13)19(21)22/h3-9,12H,10H2,1-2H3. The number of ether oxygens (including phenoxy) is 2. The maximum atomic E-state index is 12.0. The van der Waals surface area contributed by atoms with Crippen molar-refractivity contribution >= 4 is 23.3 Å². The topological polar surface area (TPSA) is 78.7 Å². The van der Waals surface area contributed by atoms with Gasteiger partial charge in [-0.2, -0.15) is 0 Å². The van der Waals surface area contributed by atoms with Gasteiger partial charge >= 0.3 is 5.97 Å². The Morgan fingerprint density at radius 2 is 2.00 bits per heavy atom. The number of esters is 1. The number of nitrogens with zero attached hydrogens (tertiary/aromatic N) is 1. The highest BCUT2D eigenvalue weighted by Gasteiger charge is 2.20. The van der Waals surface area contributed by atoms with Crippen LogP contribution in [0.25, 0.3) is 0 Å². The molecule has 0 N–H and O–H groups in total. The van der Waals surface area contributed by atoms with Crippen molar-refractivity contribution in [2.75, 3.05) is 0 Å². The van der Waals surface area contributed by atoms with Crippen molar-refractivity contribution in [3.8, 4) is 5.75 Å². The lowest BCUT2D eigenvalue weighted by molar-refractivity contribution is -0.385. The number of hydrogen-bond acceptors (Lipinski definition) is 5. The summed E-state index contributed by atoms with van der Waals surface area (Å²) >= 11 is 5.87. The van der Waals surface area contributed by atoms with Crippen LogP contribution in [-0.4, -0.2) is 17.0 Å². The Morgan fingerprint density at radius 1 is 1.29 bits per heavy atom. The number of para-hydroxylation sites is 1. The van der Waals surface area contributed by atoms with E-state index in [1.807, 2.05) is 6.92 Å². The molecule has 0 aromatic heterocycles. The van der Waals surface area contributed by atoms with Gasteiger partial charge in [0.2, 0.25) is 0 Å². The summed E-state index contributed by atoms with van der Waals surface area (Å²) in [5, 5.41) is 11.5. The zero-order valence-electron chi connectivity index (χ0n) is 13.2. The lowest BCUT2D eigenvalue weighted by atomic mass is 10.2. The predicted molar refractivity (Wildman–Crippen MR) is 89.2 cm³/mol. The van der Waals surface area contributed by atoms with Gasteiger partial charge in [0.15, 0.2) is 6.10 Å². The molecule has 2 aromatic carbocycles. The Morgan fingerprint density at radius 3 is 2.67 bits per heavy atom. The van der Waals surface area contributed by atoms with Gasteiger partial charge in [-0.1, -0.05) is 23.7 Å². The summed E-state index contributed by atoms with van der Waals surface area (Å²) in [7, 11) is 0. The lowest BCUT2D eigenvalue weighted by Crippen LogP contribution is -2.26. The zero-order valence-corrected chi connectivity index (χ0v) is 13.9. The minimum atomic E-state index is -0.854. The summed E-state index contributed by atoms with van der Waals surface area (Å²) in [6, 6.07) is 11.2. The molecule has 1 atom stereocenters. The molecule has 0 radical (unpaired) electrons. The average molecular weight is 350 g/mol. The van der Waals surface area contributed by atoms with E-state index in [9.17, 15) is 14.9 Å². The highest BCUT2D eigenvalue weighted by Crippen LogP contribution is 2.23. The number of nitro benzene ring substituents is 1. The largest absolute Gasteiger partial charge is 0.479 e. The molecular weight excluding hydrogens is 334 g/mol. The van der Waals surface area contributed by atoms with E-state index >= 15 is 0 Å². The summed E-state index contributed by atoms with van der Waals surface area (Å²) in [6.45, 7) is 3.17. The molecule has 7 heteroatoms. The first-order valence-corrected chi connectivity index (χ1v) is 7.58. The van der Waals surface area contributed by atoms with Crippen LogP contribution in [0.15, 0.2) is 42.5 Å². The molecule has 0 fully saturated rings. The van der Waals surface area contributed by atoms with Gasteiger partial charge in [0, 0.05) is 11.1 Å². The van der Waals surface area contributed by atoms with Gasteiger partial charge in [0.25, 0.3) is 5.69 Å². The van der Waals surface area contributed by atoms with Crippen LogP contribution in [0.2, 0.25) is 5.02 Å². The number of nitro groups is 1. The third kappa shape index (κ3) is 4.45. The van der Waals surface area contributed by atoms with Crippen LogP contribution >= 0.6 is 11.6 Å². The van der Waals surface area contributed by atoms with Gasteiger partial charge in [-0.05, 0) is 43.7 Å².